The van der Waals surface area contributed by atoms with Crippen LogP contribution in [0.1, 0.15) is 5.56 Å². The fraction of sp³-hybridized carbons (Fsp3) is 0.381. The zero-order chi connectivity index (χ0) is 23.2. The Morgan fingerprint density at radius 1 is 1.06 bits per heavy atom. The quantitative estimate of drug-likeness (QED) is 0.409. The second kappa shape index (κ2) is 9.16. The molecule has 33 heavy (non-hydrogen) atoms. The summed E-state index contributed by atoms with van der Waals surface area (Å²) in [4.78, 5) is 9.94. The predicted octanol–water partition coefficient (Wildman–Crippen LogP) is 5.12. The smallest absolute Gasteiger partial charge is 0.338 e. The van der Waals surface area contributed by atoms with Gasteiger partial charge in [0.25, 0.3) is 0 Å². The van der Waals surface area contributed by atoms with Crippen LogP contribution in [0.15, 0.2) is 30.3 Å². The summed E-state index contributed by atoms with van der Waals surface area (Å²) in [5.41, 5.74) is 1.06. The number of nitrogens with one attached hydrogen (secondary N) is 3. The number of hydrogen-bond acceptors (Lipinski definition) is 6. The highest BCUT2D eigenvalue weighted by atomic mass is 35.5. The number of aromatic nitrogens is 2. The van der Waals surface area contributed by atoms with E-state index in [0.29, 0.717) is 22.5 Å². The number of imidazole rings is 1. The first kappa shape index (κ1) is 23.1. The van der Waals surface area contributed by atoms with E-state index in [0.717, 1.165) is 57.1 Å². The Morgan fingerprint density at radius 2 is 1.82 bits per heavy atom. The summed E-state index contributed by atoms with van der Waals surface area (Å²) in [6, 6.07) is 7.86. The van der Waals surface area contributed by atoms with E-state index in [-0.39, 0.29) is 16.1 Å². The van der Waals surface area contributed by atoms with Crippen LogP contribution >= 0.6 is 35.3 Å². The lowest BCUT2D eigenvalue weighted by Gasteiger charge is -2.42. The van der Waals surface area contributed by atoms with Gasteiger partial charge in [-0.2, -0.15) is 13.2 Å². The lowest BCUT2D eigenvalue weighted by molar-refractivity contribution is -0.137. The van der Waals surface area contributed by atoms with Crippen LogP contribution in [0, 0.1) is 0 Å². The van der Waals surface area contributed by atoms with Gasteiger partial charge in [-0.15, -0.1) is 0 Å². The molecular formula is C21H21Cl2F3N6S. The molecule has 0 radical (unpaired) electrons. The van der Waals surface area contributed by atoms with Crippen molar-refractivity contribution in [3.05, 3.63) is 45.9 Å². The maximum absolute atomic E-state index is 13.2. The summed E-state index contributed by atoms with van der Waals surface area (Å²) in [5.74, 6) is 0.388. The number of rotatable bonds is 5. The van der Waals surface area contributed by atoms with E-state index in [1.807, 2.05) is 6.07 Å². The largest absolute Gasteiger partial charge is 0.416 e. The number of H-pyrrole nitrogens is 1. The second-order valence-corrected chi connectivity index (χ2v) is 9.84. The van der Waals surface area contributed by atoms with Crippen LogP contribution in [0.5, 0.6) is 0 Å². The van der Waals surface area contributed by atoms with Crippen LogP contribution in [-0.2, 0) is 6.18 Å². The SMILES string of the molecule is FC(F)(F)c1cc(Cl)c2nc(-c3cc(Cl)ccc3NSN3CCN(C4CNC4)CC3)[nH]c2c1. The van der Waals surface area contributed by atoms with Crippen LogP contribution in [0.4, 0.5) is 18.9 Å². The predicted molar refractivity (Wildman–Crippen MR) is 128 cm³/mol. The molecule has 0 unspecified atom stereocenters. The Labute approximate surface area is 203 Å². The van der Waals surface area contributed by atoms with E-state index < -0.39 is 11.7 Å². The maximum atomic E-state index is 13.2. The van der Waals surface area contributed by atoms with Crippen molar-refractivity contribution < 1.29 is 13.2 Å². The molecule has 0 bridgehead atoms. The van der Waals surface area contributed by atoms with Crippen molar-refractivity contribution in [3.63, 3.8) is 0 Å². The van der Waals surface area contributed by atoms with E-state index in [1.54, 1.807) is 12.1 Å². The summed E-state index contributed by atoms with van der Waals surface area (Å²) in [6.07, 6.45) is -4.50. The van der Waals surface area contributed by atoms with Crippen LogP contribution in [0.3, 0.4) is 0 Å². The minimum atomic E-state index is -4.50. The first-order chi connectivity index (χ1) is 15.8. The molecule has 2 aliphatic rings. The number of aromatic amines is 1. The fourth-order valence-electron chi connectivity index (χ4n) is 3.97. The lowest BCUT2D eigenvalue weighted by Crippen LogP contribution is -2.61. The van der Waals surface area contributed by atoms with Gasteiger partial charge in [0.2, 0.25) is 0 Å². The average Bonchev–Trinajstić information content (AvgIpc) is 3.17. The third-order valence-corrected chi connectivity index (χ3v) is 7.40. The molecular weight excluding hydrogens is 496 g/mol. The van der Waals surface area contributed by atoms with Gasteiger partial charge < -0.3 is 15.0 Å². The number of halogens is 5. The normalized spacial score (nSPS) is 18.6. The fourth-order valence-corrected chi connectivity index (χ4v) is 5.16. The first-order valence-corrected chi connectivity index (χ1v) is 12.0. The van der Waals surface area contributed by atoms with Crippen LogP contribution in [-0.4, -0.2) is 64.5 Å². The van der Waals surface area contributed by atoms with Gasteiger partial charge in [0.1, 0.15) is 11.3 Å². The van der Waals surface area contributed by atoms with Gasteiger partial charge in [-0.05, 0) is 30.3 Å². The molecule has 3 heterocycles. The van der Waals surface area contributed by atoms with Crippen molar-refractivity contribution in [1.29, 1.82) is 0 Å². The van der Waals surface area contributed by atoms with E-state index in [9.17, 15) is 13.2 Å². The molecule has 5 rings (SSSR count). The van der Waals surface area contributed by atoms with Gasteiger partial charge in [-0.3, -0.25) is 4.90 Å². The van der Waals surface area contributed by atoms with Gasteiger partial charge in [0, 0.05) is 68.0 Å². The van der Waals surface area contributed by atoms with E-state index in [2.05, 4.69) is 29.2 Å². The van der Waals surface area contributed by atoms with Gasteiger partial charge >= 0.3 is 6.18 Å². The Hall–Kier alpha value is -1.69. The van der Waals surface area contributed by atoms with Gasteiger partial charge in [0.15, 0.2) is 0 Å². The van der Waals surface area contributed by atoms with Crippen molar-refractivity contribution >= 4 is 52.1 Å². The number of nitrogens with zero attached hydrogens (tertiary/aromatic N) is 3. The van der Waals surface area contributed by atoms with Crippen molar-refractivity contribution in [3.8, 4) is 11.4 Å². The van der Waals surface area contributed by atoms with Crippen molar-refractivity contribution in [2.75, 3.05) is 44.0 Å². The Kier molecular flexibility index (Phi) is 6.41. The molecule has 3 aromatic rings. The Balaban J connectivity index is 1.35. The van der Waals surface area contributed by atoms with Crippen molar-refractivity contribution in [2.24, 2.45) is 0 Å². The van der Waals surface area contributed by atoms with Crippen LogP contribution in [0.25, 0.3) is 22.4 Å². The molecule has 0 amide bonds. The van der Waals surface area contributed by atoms with E-state index in [1.165, 1.54) is 12.1 Å². The summed E-state index contributed by atoms with van der Waals surface area (Å²) in [7, 11) is 0. The molecule has 0 atom stereocenters. The van der Waals surface area contributed by atoms with Crippen LogP contribution < -0.4 is 10.0 Å². The zero-order valence-electron chi connectivity index (χ0n) is 17.3. The number of benzene rings is 2. The molecule has 12 heteroatoms. The zero-order valence-corrected chi connectivity index (χ0v) is 19.7. The second-order valence-electron chi connectivity index (χ2n) is 8.10. The van der Waals surface area contributed by atoms with Gasteiger partial charge in [-0.25, -0.2) is 9.29 Å². The number of alkyl halides is 3. The molecule has 176 valence electrons. The van der Waals surface area contributed by atoms with Crippen molar-refractivity contribution in [1.82, 2.24) is 24.5 Å². The minimum Gasteiger partial charge on any atom is -0.338 e. The van der Waals surface area contributed by atoms with Gasteiger partial charge in [0.05, 0.1) is 21.8 Å². The number of anilines is 1. The number of hydrogen-bond donors (Lipinski definition) is 3. The molecule has 3 N–H and O–H groups in total. The molecule has 2 saturated heterocycles. The molecule has 0 aliphatic carbocycles. The molecule has 2 aliphatic heterocycles. The average molecular weight is 517 g/mol. The summed E-state index contributed by atoms with van der Waals surface area (Å²) in [6.45, 7) is 6.00. The Morgan fingerprint density at radius 3 is 2.48 bits per heavy atom. The molecule has 0 saturated carbocycles. The molecule has 1 aromatic heterocycles. The molecule has 2 fully saturated rings. The highest BCUT2D eigenvalue weighted by Gasteiger charge is 2.32. The first-order valence-electron chi connectivity index (χ1n) is 10.5. The van der Waals surface area contributed by atoms with Crippen molar-refractivity contribution in [2.45, 2.75) is 12.2 Å². The monoisotopic (exact) mass is 516 g/mol. The minimum absolute atomic E-state index is 0.0622. The Bertz CT molecular complexity index is 1160. The van der Waals surface area contributed by atoms with E-state index >= 15 is 0 Å². The summed E-state index contributed by atoms with van der Waals surface area (Å²) in [5, 5.41) is 3.74. The summed E-state index contributed by atoms with van der Waals surface area (Å²) >= 11 is 13.8. The third kappa shape index (κ3) is 4.91. The molecule has 6 nitrogen and oxygen atoms in total. The maximum Gasteiger partial charge on any atom is 0.416 e. The number of piperazine rings is 1. The van der Waals surface area contributed by atoms with E-state index in [4.69, 9.17) is 23.2 Å². The van der Waals surface area contributed by atoms with Gasteiger partial charge in [-0.1, -0.05) is 23.2 Å². The third-order valence-electron chi connectivity index (χ3n) is 5.94. The molecule has 0 spiro atoms. The number of fused-ring (bicyclic) bond motifs is 1. The highest BCUT2D eigenvalue weighted by molar-refractivity contribution is 7.98. The standard InChI is InChI=1S/C21H21Cl2F3N6S/c22-13-1-2-17(30-33-32-5-3-31(4-6-32)14-10-27-11-14)15(9-13)20-28-18-8-12(21(24,25)26)7-16(23)19(18)29-20/h1-2,7-9,14,27,30H,3-6,10-11H2,(H,28,29). The topological polar surface area (TPSA) is 59.2 Å². The highest BCUT2D eigenvalue weighted by Crippen LogP contribution is 2.37. The lowest BCUT2D eigenvalue weighted by atomic mass is 10.1. The summed E-state index contributed by atoms with van der Waals surface area (Å²) < 4.78 is 45.1. The van der Waals surface area contributed by atoms with Crippen LogP contribution in [0.2, 0.25) is 10.0 Å². The molecule has 2 aromatic carbocycles.